The zero-order valence-corrected chi connectivity index (χ0v) is 12.3. The maximum atomic E-state index is 6.28. The molecule has 0 aromatic rings. The van der Waals surface area contributed by atoms with E-state index >= 15 is 0 Å². The second-order valence-electron chi connectivity index (χ2n) is 5.89. The summed E-state index contributed by atoms with van der Waals surface area (Å²) in [5.74, 6) is 0. The largest absolute Gasteiger partial charge is 0.411 e. The molecule has 0 saturated carbocycles. The average Bonchev–Trinajstić information content (AvgIpc) is 2.06. The van der Waals surface area contributed by atoms with Crippen LogP contribution in [-0.2, 0) is 4.43 Å². The van der Waals surface area contributed by atoms with Crippen LogP contribution in [-0.4, -0.2) is 19.8 Å². The number of halogens is 1. The highest BCUT2D eigenvalue weighted by atomic mass is 35.5. The highest BCUT2D eigenvalue weighted by molar-refractivity contribution is 6.74. The number of allylic oxidation sites excluding steroid dienone is 1. The zero-order chi connectivity index (χ0) is 11.7. The van der Waals surface area contributed by atoms with Gasteiger partial charge in [0.15, 0.2) is 8.32 Å². The van der Waals surface area contributed by atoms with Crippen molar-refractivity contribution in [1.29, 1.82) is 0 Å². The molecular formula is C12H23ClOSi. The Labute approximate surface area is 100.0 Å². The fourth-order valence-corrected chi connectivity index (χ4v) is 2.93. The van der Waals surface area contributed by atoms with Crippen molar-refractivity contribution in [3.05, 3.63) is 12.2 Å². The maximum Gasteiger partial charge on any atom is 0.192 e. The molecule has 0 saturated heterocycles. The van der Waals surface area contributed by atoms with E-state index in [0.29, 0.717) is 11.1 Å². The third kappa shape index (κ3) is 3.61. The molecule has 0 heterocycles. The molecule has 0 spiro atoms. The molecule has 0 fully saturated rings. The summed E-state index contributed by atoms with van der Waals surface area (Å²) >= 11 is 6.01. The fourth-order valence-electron chi connectivity index (χ4n) is 1.41. The van der Waals surface area contributed by atoms with E-state index in [1.54, 1.807) is 0 Å². The van der Waals surface area contributed by atoms with E-state index < -0.39 is 8.32 Å². The first-order valence-electron chi connectivity index (χ1n) is 5.72. The molecular weight excluding hydrogens is 224 g/mol. The van der Waals surface area contributed by atoms with Gasteiger partial charge in [-0.05, 0) is 31.0 Å². The Balaban J connectivity index is 2.59. The van der Waals surface area contributed by atoms with Crippen LogP contribution >= 0.6 is 11.6 Å². The zero-order valence-electron chi connectivity index (χ0n) is 10.5. The van der Waals surface area contributed by atoms with Gasteiger partial charge in [0.25, 0.3) is 0 Å². The lowest BCUT2D eigenvalue weighted by Gasteiger charge is -2.39. The van der Waals surface area contributed by atoms with Crippen LogP contribution in [0.4, 0.5) is 0 Å². The topological polar surface area (TPSA) is 9.23 Å². The van der Waals surface area contributed by atoms with Crippen LogP contribution in [0.2, 0.25) is 18.1 Å². The highest BCUT2D eigenvalue weighted by Crippen LogP contribution is 2.38. The number of hydrogen-bond donors (Lipinski definition) is 0. The molecule has 0 aliphatic heterocycles. The molecule has 3 heteroatoms. The van der Waals surface area contributed by atoms with Crippen LogP contribution in [0, 0.1) is 0 Å². The lowest BCUT2D eigenvalue weighted by Crippen LogP contribution is -2.44. The minimum Gasteiger partial charge on any atom is -0.411 e. The minimum atomic E-state index is -1.61. The minimum absolute atomic E-state index is 0.212. The first kappa shape index (κ1) is 13.3. The van der Waals surface area contributed by atoms with Gasteiger partial charge in [0.1, 0.15) is 0 Å². The maximum absolute atomic E-state index is 6.28. The molecule has 0 amide bonds. The molecule has 0 unspecified atom stereocenters. The van der Waals surface area contributed by atoms with Gasteiger partial charge >= 0.3 is 0 Å². The van der Waals surface area contributed by atoms with Crippen LogP contribution < -0.4 is 0 Å². The monoisotopic (exact) mass is 246 g/mol. The smallest absolute Gasteiger partial charge is 0.192 e. The van der Waals surface area contributed by atoms with Gasteiger partial charge < -0.3 is 4.43 Å². The average molecular weight is 247 g/mol. The van der Waals surface area contributed by atoms with Gasteiger partial charge in [0.05, 0.1) is 11.5 Å². The molecule has 0 aromatic carbocycles. The van der Waals surface area contributed by atoms with E-state index in [1.165, 1.54) is 0 Å². The third-order valence-electron chi connectivity index (χ3n) is 3.51. The van der Waals surface area contributed by atoms with E-state index in [9.17, 15) is 0 Å². The van der Waals surface area contributed by atoms with Crippen LogP contribution in [0.3, 0.4) is 0 Å². The SMILES string of the molecule is CC(C)(C)[Si](C)(C)O[C@H]1C=C[C@@H](Cl)CC1. The van der Waals surface area contributed by atoms with Crippen molar-refractivity contribution >= 4 is 19.9 Å². The van der Waals surface area contributed by atoms with Crippen LogP contribution in [0.25, 0.3) is 0 Å². The van der Waals surface area contributed by atoms with Crippen molar-refractivity contribution in [3.8, 4) is 0 Å². The molecule has 0 aromatic heterocycles. The van der Waals surface area contributed by atoms with Crippen LogP contribution in [0.15, 0.2) is 12.2 Å². The summed E-state index contributed by atoms with van der Waals surface area (Å²) < 4.78 is 6.28. The third-order valence-corrected chi connectivity index (χ3v) is 8.38. The Hall–Kier alpha value is 0.207. The summed E-state index contributed by atoms with van der Waals surface area (Å²) in [5.41, 5.74) is 0. The lowest BCUT2D eigenvalue weighted by atomic mass is 10.1. The predicted octanol–water partition coefficient (Wildman–Crippen LogP) is 4.33. The Bertz CT molecular complexity index is 242. The Morgan fingerprint density at radius 2 is 1.80 bits per heavy atom. The molecule has 1 nitrogen and oxygen atoms in total. The molecule has 1 aliphatic carbocycles. The van der Waals surface area contributed by atoms with E-state index in [-0.39, 0.29) is 5.38 Å². The fraction of sp³-hybridized carbons (Fsp3) is 0.833. The summed E-state index contributed by atoms with van der Waals surface area (Å²) in [6.07, 6.45) is 6.61. The molecule has 0 N–H and O–H groups in total. The summed E-state index contributed by atoms with van der Waals surface area (Å²) in [5, 5.41) is 0.503. The summed E-state index contributed by atoms with van der Waals surface area (Å²) in [7, 11) is -1.61. The summed E-state index contributed by atoms with van der Waals surface area (Å²) in [6.45, 7) is 11.4. The van der Waals surface area contributed by atoms with Gasteiger partial charge in [-0.3, -0.25) is 0 Å². The molecule has 88 valence electrons. The van der Waals surface area contributed by atoms with Crippen LogP contribution in [0.1, 0.15) is 33.6 Å². The highest BCUT2D eigenvalue weighted by Gasteiger charge is 2.38. The predicted molar refractivity (Wildman–Crippen MR) is 70.1 cm³/mol. The standard InChI is InChI=1S/C12H23ClOSi/c1-12(2,3)15(4,5)14-11-8-6-10(13)7-9-11/h6,8,10-11H,7,9H2,1-5H3/t10-,11+/m1/s1. The lowest BCUT2D eigenvalue weighted by molar-refractivity contribution is 0.208. The Kier molecular flexibility index (Phi) is 4.07. The van der Waals surface area contributed by atoms with Gasteiger partial charge in [0.2, 0.25) is 0 Å². The number of hydrogen-bond acceptors (Lipinski definition) is 1. The van der Waals surface area contributed by atoms with Crippen molar-refractivity contribution in [1.82, 2.24) is 0 Å². The molecule has 1 rings (SSSR count). The quantitative estimate of drug-likeness (QED) is 0.400. The summed E-state index contributed by atoms with van der Waals surface area (Å²) in [6, 6.07) is 0. The Morgan fingerprint density at radius 1 is 1.20 bits per heavy atom. The van der Waals surface area contributed by atoms with Crippen molar-refractivity contribution in [3.63, 3.8) is 0 Å². The van der Waals surface area contributed by atoms with E-state index in [2.05, 4.69) is 46.0 Å². The molecule has 0 radical (unpaired) electrons. The van der Waals surface area contributed by atoms with Crippen molar-refractivity contribution < 1.29 is 4.43 Å². The van der Waals surface area contributed by atoms with E-state index in [1.807, 2.05) is 0 Å². The van der Waals surface area contributed by atoms with Gasteiger partial charge in [-0.2, -0.15) is 0 Å². The van der Waals surface area contributed by atoms with E-state index in [0.717, 1.165) is 12.8 Å². The number of alkyl halides is 1. The Morgan fingerprint density at radius 3 is 2.20 bits per heavy atom. The van der Waals surface area contributed by atoms with Gasteiger partial charge in [-0.25, -0.2) is 0 Å². The van der Waals surface area contributed by atoms with Crippen molar-refractivity contribution in [2.24, 2.45) is 0 Å². The van der Waals surface area contributed by atoms with Crippen molar-refractivity contribution in [2.75, 3.05) is 0 Å². The second-order valence-corrected chi connectivity index (χ2v) is 11.2. The molecule has 0 bridgehead atoms. The second kappa shape index (κ2) is 4.60. The number of rotatable bonds is 2. The molecule has 15 heavy (non-hydrogen) atoms. The van der Waals surface area contributed by atoms with Gasteiger partial charge in [-0.1, -0.05) is 32.9 Å². The van der Waals surface area contributed by atoms with Gasteiger partial charge in [0, 0.05) is 0 Å². The van der Waals surface area contributed by atoms with E-state index in [4.69, 9.17) is 16.0 Å². The van der Waals surface area contributed by atoms with Crippen molar-refractivity contribution in [2.45, 2.75) is 63.2 Å². The first-order valence-corrected chi connectivity index (χ1v) is 9.07. The normalized spacial score (nSPS) is 28.1. The molecule has 1 aliphatic rings. The first-order chi connectivity index (χ1) is 6.72. The van der Waals surface area contributed by atoms with Crippen LogP contribution in [0.5, 0.6) is 0 Å². The van der Waals surface area contributed by atoms with Gasteiger partial charge in [-0.15, -0.1) is 11.6 Å². The summed E-state index contributed by atoms with van der Waals surface area (Å²) in [4.78, 5) is 0. The molecule has 2 atom stereocenters.